The second-order valence-corrected chi connectivity index (χ2v) is 9.16. The molecule has 1 aromatic carbocycles. The molecule has 10 heteroatoms. The number of hydrogen-bond donors (Lipinski definition) is 1. The lowest BCUT2D eigenvalue weighted by Crippen LogP contribution is -2.42. The number of thiazole rings is 1. The predicted octanol–water partition coefficient (Wildman–Crippen LogP) is 4.04. The zero-order chi connectivity index (χ0) is 23.7. The number of carbonyl (C=O) groups is 1. The van der Waals surface area contributed by atoms with E-state index in [1.807, 2.05) is 34.0 Å². The van der Waals surface area contributed by atoms with Gasteiger partial charge in [-0.15, -0.1) is 16.4 Å². The maximum Gasteiger partial charge on any atom is 0.207 e. The number of aryl methyl sites for hydroxylation is 1. The number of amides is 1. The van der Waals surface area contributed by atoms with E-state index in [0.29, 0.717) is 0 Å². The molecule has 176 valence electrons. The molecular weight excluding hydrogens is 453 g/mol. The Labute approximate surface area is 201 Å². The molecule has 0 saturated carbocycles. The fourth-order valence-electron chi connectivity index (χ4n) is 4.33. The van der Waals surface area contributed by atoms with Gasteiger partial charge in [0.05, 0.1) is 11.4 Å². The molecule has 3 aromatic heterocycles. The van der Waals surface area contributed by atoms with Gasteiger partial charge in [0.1, 0.15) is 11.6 Å². The molecule has 8 nitrogen and oxygen atoms in total. The minimum absolute atomic E-state index is 0.222. The van der Waals surface area contributed by atoms with E-state index in [-0.39, 0.29) is 11.9 Å². The van der Waals surface area contributed by atoms with Gasteiger partial charge in [0.2, 0.25) is 6.41 Å². The van der Waals surface area contributed by atoms with E-state index in [0.717, 1.165) is 78.1 Å². The molecule has 4 aromatic rings. The average Bonchev–Trinajstić information content (AvgIpc) is 3.49. The zero-order valence-electron chi connectivity index (χ0n) is 19.1. The Balaban J connectivity index is 1.46. The fourth-order valence-corrected chi connectivity index (χ4v) is 5.13. The van der Waals surface area contributed by atoms with Gasteiger partial charge in [0.25, 0.3) is 0 Å². The van der Waals surface area contributed by atoms with Crippen LogP contribution in [0.2, 0.25) is 0 Å². The van der Waals surface area contributed by atoms with E-state index in [1.54, 1.807) is 12.1 Å². The maximum atomic E-state index is 13.3. The summed E-state index contributed by atoms with van der Waals surface area (Å²) in [7, 11) is 1.97. The number of aromatic nitrogens is 4. The average molecular weight is 480 g/mol. The first-order chi connectivity index (χ1) is 16.6. The lowest BCUT2D eigenvalue weighted by atomic mass is 10.1. The zero-order valence-corrected chi connectivity index (χ0v) is 19.9. The lowest BCUT2D eigenvalue weighted by molar-refractivity contribution is -0.110. The Morgan fingerprint density at radius 3 is 2.65 bits per heavy atom. The molecule has 1 amide bonds. The van der Waals surface area contributed by atoms with Crippen molar-refractivity contribution in [1.82, 2.24) is 24.9 Å². The first-order valence-electron chi connectivity index (χ1n) is 11.4. The number of rotatable bonds is 7. The quantitative estimate of drug-likeness (QED) is 0.403. The van der Waals surface area contributed by atoms with Crippen molar-refractivity contribution in [2.75, 3.05) is 29.9 Å². The summed E-state index contributed by atoms with van der Waals surface area (Å²) >= 11 is 1.53. The van der Waals surface area contributed by atoms with Crippen molar-refractivity contribution >= 4 is 40.2 Å². The van der Waals surface area contributed by atoms with Crippen molar-refractivity contribution in [3.8, 4) is 11.3 Å². The van der Waals surface area contributed by atoms with Gasteiger partial charge in [0.15, 0.2) is 16.6 Å². The normalized spacial score (nSPS) is 14.5. The lowest BCUT2D eigenvalue weighted by Gasteiger charge is -2.32. The van der Waals surface area contributed by atoms with E-state index >= 15 is 0 Å². The van der Waals surface area contributed by atoms with Crippen LogP contribution in [0.4, 0.5) is 21.2 Å². The summed E-state index contributed by atoms with van der Waals surface area (Å²) in [6.45, 7) is 3.74. The number of fused-ring (bicyclic) bond motifs is 1. The number of imidazole rings is 1. The Bertz CT molecular complexity index is 1290. The minimum atomic E-state index is -0.263. The summed E-state index contributed by atoms with van der Waals surface area (Å²) < 4.78 is 15.2. The van der Waals surface area contributed by atoms with Crippen molar-refractivity contribution in [2.24, 2.45) is 0 Å². The molecule has 0 radical (unpaired) electrons. The van der Waals surface area contributed by atoms with Gasteiger partial charge in [-0.3, -0.25) is 4.79 Å². The number of nitrogens with zero attached hydrogens (tertiary/aromatic N) is 6. The highest BCUT2D eigenvalue weighted by Crippen LogP contribution is 2.33. The van der Waals surface area contributed by atoms with Crippen LogP contribution in [0.1, 0.15) is 25.5 Å². The second kappa shape index (κ2) is 9.38. The third-order valence-electron chi connectivity index (χ3n) is 6.20. The van der Waals surface area contributed by atoms with Crippen molar-refractivity contribution < 1.29 is 9.18 Å². The number of benzene rings is 1. The predicted molar refractivity (Wildman–Crippen MR) is 132 cm³/mol. The maximum absolute atomic E-state index is 13.3. The summed E-state index contributed by atoms with van der Waals surface area (Å²) in [5.74, 6) is 1.51. The highest BCUT2D eigenvalue weighted by molar-refractivity contribution is 7.14. The smallest absolute Gasteiger partial charge is 0.207 e. The van der Waals surface area contributed by atoms with E-state index < -0.39 is 0 Å². The molecule has 0 unspecified atom stereocenters. The molecule has 1 saturated heterocycles. The summed E-state index contributed by atoms with van der Waals surface area (Å²) in [5, 5.41) is 10.6. The number of hydrogen-bond acceptors (Lipinski definition) is 7. The van der Waals surface area contributed by atoms with Gasteiger partial charge in [-0.2, -0.15) is 4.52 Å². The van der Waals surface area contributed by atoms with Crippen LogP contribution >= 0.6 is 11.3 Å². The number of carbonyl (C=O) groups excluding carboxylic acids is 1. The first kappa shape index (κ1) is 22.3. The molecule has 0 bridgehead atoms. The van der Waals surface area contributed by atoms with Gasteiger partial charge in [-0.1, -0.05) is 6.92 Å². The molecule has 4 heterocycles. The summed E-state index contributed by atoms with van der Waals surface area (Å²) in [6.07, 6.45) is 3.32. The third-order valence-corrected chi connectivity index (χ3v) is 7.12. The van der Waals surface area contributed by atoms with Crippen molar-refractivity contribution in [1.29, 1.82) is 0 Å². The highest BCUT2D eigenvalue weighted by Gasteiger charge is 2.23. The van der Waals surface area contributed by atoms with Crippen molar-refractivity contribution in [3.05, 3.63) is 53.3 Å². The highest BCUT2D eigenvalue weighted by atomic mass is 32.1. The van der Waals surface area contributed by atoms with Crippen LogP contribution in [0.3, 0.4) is 0 Å². The van der Waals surface area contributed by atoms with Gasteiger partial charge in [0, 0.05) is 37.1 Å². The van der Waals surface area contributed by atoms with Crippen LogP contribution in [-0.2, 0) is 11.2 Å². The SMILES string of the molecule is CCc1nc2ccc(N3CCC(NC=O)CC3)nn2c1N(C)c1nc(-c2ccc(F)cc2)cs1. The molecular formula is C24H26FN7OS. The summed E-state index contributed by atoms with van der Waals surface area (Å²) in [5.41, 5.74) is 3.41. The number of piperidine rings is 1. The van der Waals surface area contributed by atoms with Crippen LogP contribution < -0.4 is 15.1 Å². The molecule has 0 atom stereocenters. The largest absolute Gasteiger partial charge is 0.356 e. The molecule has 1 aliphatic heterocycles. The molecule has 1 N–H and O–H groups in total. The number of anilines is 3. The Morgan fingerprint density at radius 2 is 1.94 bits per heavy atom. The van der Waals surface area contributed by atoms with Crippen LogP contribution in [0, 0.1) is 5.82 Å². The van der Waals surface area contributed by atoms with Gasteiger partial charge in [-0.05, 0) is 55.7 Å². The van der Waals surface area contributed by atoms with Crippen LogP contribution in [-0.4, -0.2) is 52.2 Å². The van der Waals surface area contributed by atoms with E-state index in [1.165, 1.54) is 23.5 Å². The Kier molecular flexibility index (Phi) is 6.14. The Hall–Kier alpha value is -3.53. The fraction of sp³-hybridized carbons (Fsp3) is 0.333. The summed E-state index contributed by atoms with van der Waals surface area (Å²) in [6, 6.07) is 10.6. The minimum Gasteiger partial charge on any atom is -0.356 e. The van der Waals surface area contributed by atoms with Crippen molar-refractivity contribution in [2.45, 2.75) is 32.2 Å². The van der Waals surface area contributed by atoms with Crippen LogP contribution in [0.15, 0.2) is 41.8 Å². The van der Waals surface area contributed by atoms with E-state index in [9.17, 15) is 9.18 Å². The molecule has 1 fully saturated rings. The van der Waals surface area contributed by atoms with Crippen molar-refractivity contribution in [3.63, 3.8) is 0 Å². The molecule has 0 spiro atoms. The second-order valence-electron chi connectivity index (χ2n) is 8.32. The standard InChI is InChI=1S/C24H26FN7OS/c1-3-19-23(30(2)24-28-20(14-34-24)16-4-6-17(25)7-5-16)32-21(27-19)8-9-22(29-32)31-12-10-18(11-13-31)26-15-33/h4-9,14-15,18H,3,10-13H2,1-2H3,(H,26,33). The molecule has 34 heavy (non-hydrogen) atoms. The van der Waals surface area contributed by atoms with Crippen LogP contribution in [0.5, 0.6) is 0 Å². The molecule has 0 aliphatic carbocycles. The monoisotopic (exact) mass is 479 g/mol. The van der Waals surface area contributed by atoms with E-state index in [2.05, 4.69) is 17.1 Å². The Morgan fingerprint density at radius 1 is 1.18 bits per heavy atom. The number of nitrogens with one attached hydrogen (secondary N) is 1. The summed E-state index contributed by atoms with van der Waals surface area (Å²) in [4.78, 5) is 24.6. The molecule has 1 aliphatic rings. The van der Waals surface area contributed by atoms with Gasteiger partial charge < -0.3 is 15.1 Å². The third kappa shape index (κ3) is 4.21. The number of halogens is 1. The first-order valence-corrected chi connectivity index (χ1v) is 12.2. The topological polar surface area (TPSA) is 78.7 Å². The van der Waals surface area contributed by atoms with Gasteiger partial charge in [-0.25, -0.2) is 14.4 Å². The van der Waals surface area contributed by atoms with E-state index in [4.69, 9.17) is 15.1 Å². The molecule has 5 rings (SSSR count). The van der Waals surface area contributed by atoms with Gasteiger partial charge >= 0.3 is 0 Å². The van der Waals surface area contributed by atoms with Crippen LogP contribution in [0.25, 0.3) is 16.9 Å².